The Hall–Kier alpha value is -5.92. The van der Waals surface area contributed by atoms with E-state index in [1.165, 1.54) is 0 Å². The lowest BCUT2D eigenvalue weighted by atomic mass is 9.70. The second-order valence-corrected chi connectivity index (χ2v) is 11.6. The van der Waals surface area contributed by atoms with Gasteiger partial charge in [0.05, 0.1) is 26.0 Å². The minimum atomic E-state index is -1.79. The minimum absolute atomic E-state index is 0.0136. The molecule has 1 spiro atoms. The molecular formula is C45H26O. The van der Waals surface area contributed by atoms with Gasteiger partial charge in [-0.15, -0.1) is 0 Å². The first-order valence-electron chi connectivity index (χ1n) is 22.3. The highest BCUT2D eigenvalue weighted by molar-refractivity contribution is 6.11. The molecule has 8 aromatic rings. The molecule has 11 rings (SSSR count). The van der Waals surface area contributed by atoms with Crippen LogP contribution in [0.5, 0.6) is 11.5 Å². The van der Waals surface area contributed by atoms with Crippen molar-refractivity contribution >= 4 is 21.5 Å². The number of fused-ring (bicyclic) bond motifs is 14. The van der Waals surface area contributed by atoms with E-state index in [1.54, 1.807) is 60.7 Å². The van der Waals surface area contributed by atoms with Crippen molar-refractivity contribution in [2.45, 2.75) is 5.41 Å². The van der Waals surface area contributed by atoms with Gasteiger partial charge in [0.15, 0.2) is 0 Å². The number of benzene rings is 8. The van der Waals surface area contributed by atoms with Crippen LogP contribution in [0.25, 0.3) is 66.1 Å². The Labute approximate surface area is 288 Å². The first-order chi connectivity index (χ1) is 29.1. The summed E-state index contributed by atoms with van der Waals surface area (Å²) in [6.45, 7) is 0. The molecule has 8 aromatic carbocycles. The molecule has 0 fully saturated rings. The molecular weight excluding hydrogens is 556 g/mol. The van der Waals surface area contributed by atoms with Crippen molar-refractivity contribution in [3.05, 3.63) is 180 Å². The molecule has 0 bridgehead atoms. The Kier molecular flexibility index (Phi) is 2.71. The number of ether oxygens (including phenoxy) is 1. The zero-order chi connectivity index (χ0) is 43.0. The molecule has 0 saturated heterocycles. The molecule has 3 aliphatic rings. The van der Waals surface area contributed by atoms with Crippen LogP contribution < -0.4 is 4.74 Å². The van der Waals surface area contributed by atoms with Gasteiger partial charge in [-0.25, -0.2) is 0 Å². The van der Waals surface area contributed by atoms with E-state index in [1.807, 2.05) is 6.07 Å². The zero-order valence-corrected chi connectivity index (χ0v) is 23.8. The lowest BCUT2D eigenvalue weighted by molar-refractivity contribution is 0.487. The standard InChI is InChI=1S/C45H26O/c1-2-11-30-27(10-1)21-24-39-43(30)36-14-4-7-18-38(36)45(39)37-17-6-3-12-31(37)32-22-20-28(26-40(32)45)29-23-25-42-44-34(29)15-9-16-35(44)33-13-5-8-19-41(33)46-42/h1-26H/i1D,2D,4D,7D,9D,10D,11D,14D,15D,16D,18D,21D,23D,24D,25D. The number of rotatable bonds is 1. The minimum Gasteiger partial charge on any atom is -0.456 e. The van der Waals surface area contributed by atoms with Crippen LogP contribution in [0.1, 0.15) is 42.8 Å². The largest absolute Gasteiger partial charge is 0.456 e. The fraction of sp³-hybridized carbons (Fsp3) is 0.0222. The van der Waals surface area contributed by atoms with Crippen LogP contribution in [-0.4, -0.2) is 0 Å². The van der Waals surface area contributed by atoms with E-state index in [2.05, 4.69) is 0 Å². The van der Waals surface area contributed by atoms with Crippen LogP contribution in [0.15, 0.2) is 157 Å². The zero-order valence-electron chi connectivity index (χ0n) is 38.8. The maximum atomic E-state index is 9.75. The van der Waals surface area contributed by atoms with Gasteiger partial charge < -0.3 is 4.74 Å². The van der Waals surface area contributed by atoms with Crippen molar-refractivity contribution in [1.82, 2.24) is 0 Å². The summed E-state index contributed by atoms with van der Waals surface area (Å²) in [5, 5.41) is -0.103. The number of hydrogen-bond donors (Lipinski definition) is 0. The molecule has 1 aliphatic heterocycles. The summed E-state index contributed by atoms with van der Waals surface area (Å²) in [4.78, 5) is 0. The van der Waals surface area contributed by atoms with E-state index in [4.69, 9.17) is 15.7 Å². The van der Waals surface area contributed by atoms with Gasteiger partial charge in [-0.1, -0.05) is 139 Å². The van der Waals surface area contributed by atoms with E-state index in [-0.39, 0.29) is 90.4 Å². The molecule has 0 N–H and O–H groups in total. The van der Waals surface area contributed by atoms with E-state index >= 15 is 0 Å². The second-order valence-electron chi connectivity index (χ2n) is 11.6. The molecule has 1 unspecified atom stereocenters. The van der Waals surface area contributed by atoms with Gasteiger partial charge in [-0.05, 0) is 95.5 Å². The van der Waals surface area contributed by atoms with Crippen molar-refractivity contribution in [2.24, 2.45) is 0 Å². The molecule has 1 heterocycles. The first-order valence-corrected chi connectivity index (χ1v) is 14.8. The molecule has 46 heavy (non-hydrogen) atoms. The topological polar surface area (TPSA) is 9.23 Å². The Morgan fingerprint density at radius 1 is 0.457 bits per heavy atom. The predicted octanol–water partition coefficient (Wildman–Crippen LogP) is 11.8. The third kappa shape index (κ3) is 2.87. The van der Waals surface area contributed by atoms with E-state index in [9.17, 15) is 9.60 Å². The van der Waals surface area contributed by atoms with Gasteiger partial charge >= 0.3 is 0 Å². The van der Waals surface area contributed by atoms with Crippen LogP contribution in [0.2, 0.25) is 0 Å². The highest BCUT2D eigenvalue weighted by Gasteiger charge is 2.52. The maximum absolute atomic E-state index is 9.75. The van der Waals surface area contributed by atoms with Gasteiger partial charge in [-0.2, -0.15) is 0 Å². The van der Waals surface area contributed by atoms with Crippen molar-refractivity contribution in [1.29, 1.82) is 0 Å². The maximum Gasteiger partial charge on any atom is 0.135 e. The molecule has 0 saturated carbocycles. The van der Waals surface area contributed by atoms with Crippen molar-refractivity contribution in [3.63, 3.8) is 0 Å². The fourth-order valence-corrected chi connectivity index (χ4v) is 7.75. The summed E-state index contributed by atoms with van der Waals surface area (Å²) in [5.41, 5.74) is 1.35. The van der Waals surface area contributed by atoms with Crippen LogP contribution in [0.4, 0.5) is 0 Å². The molecule has 1 atom stereocenters. The van der Waals surface area contributed by atoms with Crippen LogP contribution in [0.3, 0.4) is 0 Å². The molecule has 0 aromatic heterocycles. The van der Waals surface area contributed by atoms with Gasteiger partial charge in [0, 0.05) is 10.9 Å². The number of hydrogen-bond acceptors (Lipinski definition) is 1. The van der Waals surface area contributed by atoms with Crippen molar-refractivity contribution in [2.75, 3.05) is 0 Å². The molecule has 0 radical (unpaired) electrons. The Balaban J connectivity index is 1.35. The third-order valence-electron chi connectivity index (χ3n) is 9.54. The monoisotopic (exact) mass is 597 g/mol. The van der Waals surface area contributed by atoms with Crippen LogP contribution in [0, 0.1) is 0 Å². The molecule has 0 amide bonds. The van der Waals surface area contributed by atoms with Crippen molar-refractivity contribution in [3.8, 4) is 56.0 Å². The van der Waals surface area contributed by atoms with Crippen LogP contribution >= 0.6 is 0 Å². The van der Waals surface area contributed by atoms with Gasteiger partial charge in [-0.3, -0.25) is 0 Å². The molecule has 1 nitrogen and oxygen atoms in total. The average molecular weight is 598 g/mol. The Morgan fingerprint density at radius 2 is 1.24 bits per heavy atom. The summed E-state index contributed by atoms with van der Waals surface area (Å²) >= 11 is 0. The summed E-state index contributed by atoms with van der Waals surface area (Å²) in [5.74, 6) is 0.303. The predicted molar refractivity (Wildman–Crippen MR) is 189 cm³/mol. The molecule has 1 heteroatoms. The van der Waals surface area contributed by atoms with E-state index < -0.39 is 71.9 Å². The van der Waals surface area contributed by atoms with E-state index in [0.717, 1.165) is 0 Å². The highest BCUT2D eigenvalue weighted by atomic mass is 16.5. The quantitative estimate of drug-likeness (QED) is 0.183. The van der Waals surface area contributed by atoms with Crippen LogP contribution in [-0.2, 0) is 5.41 Å². The average Bonchev–Trinajstić information content (AvgIpc) is 3.74. The SMILES string of the molecule is [2H]c1c([2H])c([2H])c2c(c1[2H])-c1c(c([2H])c([2H])c3c([2H])c([2H])c([2H])c([2H])c13)C21c2ccccc2-c2ccc(-c3c([2H])c([2H])c4c5c(c([2H])c([2H])c([2H])c35)-c3ccccc3O4)cc21. The smallest absolute Gasteiger partial charge is 0.135 e. The summed E-state index contributed by atoms with van der Waals surface area (Å²) in [6.07, 6.45) is 0. The Bertz CT molecular complexity index is 3470. The number of para-hydroxylation sites is 1. The lowest BCUT2D eigenvalue weighted by Crippen LogP contribution is -2.25. The third-order valence-corrected chi connectivity index (χ3v) is 9.54. The van der Waals surface area contributed by atoms with Gasteiger partial charge in [0.1, 0.15) is 11.5 Å². The highest BCUT2D eigenvalue weighted by Crippen LogP contribution is 2.64. The van der Waals surface area contributed by atoms with Gasteiger partial charge in [0.25, 0.3) is 0 Å². The molecule has 212 valence electrons. The normalized spacial score (nSPS) is 20.7. The Morgan fingerprint density at radius 3 is 2.22 bits per heavy atom. The van der Waals surface area contributed by atoms with Gasteiger partial charge in [0.2, 0.25) is 0 Å². The first kappa shape index (κ1) is 14.5. The summed E-state index contributed by atoms with van der Waals surface area (Å²) in [6, 6.07) is 12.0. The summed E-state index contributed by atoms with van der Waals surface area (Å²) in [7, 11) is 0. The van der Waals surface area contributed by atoms with E-state index in [0.29, 0.717) is 33.6 Å². The lowest BCUT2D eigenvalue weighted by Gasteiger charge is -2.31. The fourth-order valence-electron chi connectivity index (χ4n) is 7.75. The van der Waals surface area contributed by atoms with Crippen molar-refractivity contribution < 1.29 is 25.3 Å². The molecule has 2 aliphatic carbocycles. The second kappa shape index (κ2) is 8.62. The summed E-state index contributed by atoms with van der Waals surface area (Å²) < 4.78 is 143.